The maximum Gasteiger partial charge on any atom is 0.267 e. The molecule has 0 spiro atoms. The van der Waals surface area contributed by atoms with Crippen LogP contribution in [0.5, 0.6) is 5.75 Å². The van der Waals surface area contributed by atoms with E-state index in [9.17, 15) is 9.18 Å². The first-order valence-corrected chi connectivity index (χ1v) is 7.12. The fraction of sp³-hybridized carbons (Fsp3) is 0.111. The number of carbonyl (C=O) groups excluding carboxylic acids is 1. The van der Waals surface area contributed by atoms with E-state index in [1.807, 2.05) is 19.1 Å². The maximum absolute atomic E-state index is 12.9. The Hall–Kier alpha value is -3.33. The number of carbonyl (C=O) groups is 1. The number of nitrogens with one attached hydrogen (secondary N) is 2. The minimum absolute atomic E-state index is 0.122. The van der Waals surface area contributed by atoms with Gasteiger partial charge in [-0.25, -0.2) is 4.39 Å². The predicted octanol–water partition coefficient (Wildman–Crippen LogP) is 3.60. The highest BCUT2D eigenvalue weighted by Gasteiger charge is 2.12. The Morgan fingerprint density at radius 2 is 1.96 bits per heavy atom. The normalized spacial score (nSPS) is 10.7. The van der Waals surface area contributed by atoms with Gasteiger partial charge in [-0.2, -0.15) is 5.26 Å². The molecule has 0 unspecified atom stereocenters. The van der Waals surface area contributed by atoms with Gasteiger partial charge in [-0.15, -0.1) is 0 Å². The standard InChI is InChI=1S/C18H16FN3O2/c1-12-3-8-17(24-2)16(9-12)22-18(23)13(10-20)11-21-15-6-4-14(19)5-7-15/h3-9,11,21H,1-2H3,(H,22,23)/b13-11-. The quantitative estimate of drug-likeness (QED) is 0.650. The van der Waals surface area contributed by atoms with Crippen molar-refractivity contribution in [1.82, 2.24) is 0 Å². The lowest BCUT2D eigenvalue weighted by Gasteiger charge is -2.10. The van der Waals surface area contributed by atoms with Crippen LogP contribution in [-0.4, -0.2) is 13.0 Å². The Morgan fingerprint density at radius 1 is 1.25 bits per heavy atom. The van der Waals surface area contributed by atoms with Crippen molar-refractivity contribution in [3.63, 3.8) is 0 Å². The average Bonchev–Trinajstić information content (AvgIpc) is 2.57. The Balaban J connectivity index is 2.14. The zero-order valence-electron chi connectivity index (χ0n) is 13.3. The number of rotatable bonds is 5. The van der Waals surface area contributed by atoms with Crippen LogP contribution in [0.3, 0.4) is 0 Å². The van der Waals surface area contributed by atoms with Gasteiger partial charge in [0.15, 0.2) is 0 Å². The van der Waals surface area contributed by atoms with Crippen molar-refractivity contribution in [2.45, 2.75) is 6.92 Å². The molecule has 0 aromatic heterocycles. The summed E-state index contributed by atoms with van der Waals surface area (Å²) in [7, 11) is 1.50. The second-order valence-electron chi connectivity index (χ2n) is 4.98. The molecule has 1 amide bonds. The van der Waals surface area contributed by atoms with Crippen molar-refractivity contribution < 1.29 is 13.9 Å². The van der Waals surface area contributed by atoms with Crippen LogP contribution in [0.1, 0.15) is 5.56 Å². The molecule has 122 valence electrons. The Kier molecular flexibility index (Phi) is 5.53. The average molecular weight is 325 g/mol. The van der Waals surface area contributed by atoms with E-state index < -0.39 is 5.91 Å². The number of methoxy groups -OCH3 is 1. The number of ether oxygens (including phenoxy) is 1. The molecule has 0 heterocycles. The van der Waals surface area contributed by atoms with Crippen LogP contribution in [-0.2, 0) is 4.79 Å². The van der Waals surface area contributed by atoms with E-state index in [0.29, 0.717) is 17.1 Å². The molecule has 0 aliphatic rings. The lowest BCUT2D eigenvalue weighted by atomic mass is 10.2. The minimum atomic E-state index is -0.573. The lowest BCUT2D eigenvalue weighted by Crippen LogP contribution is -2.15. The lowest BCUT2D eigenvalue weighted by molar-refractivity contribution is -0.112. The zero-order valence-corrected chi connectivity index (χ0v) is 13.3. The molecule has 0 aliphatic carbocycles. The summed E-state index contributed by atoms with van der Waals surface area (Å²) in [6.45, 7) is 1.88. The monoisotopic (exact) mass is 325 g/mol. The first-order valence-electron chi connectivity index (χ1n) is 7.12. The van der Waals surface area contributed by atoms with Gasteiger partial charge in [0, 0.05) is 11.9 Å². The maximum atomic E-state index is 12.9. The van der Waals surface area contributed by atoms with Gasteiger partial charge in [0.2, 0.25) is 0 Å². The van der Waals surface area contributed by atoms with E-state index in [1.165, 1.54) is 37.6 Å². The van der Waals surface area contributed by atoms with Gasteiger partial charge in [0.1, 0.15) is 23.2 Å². The smallest absolute Gasteiger partial charge is 0.267 e. The summed E-state index contributed by atoms with van der Waals surface area (Å²) < 4.78 is 18.0. The summed E-state index contributed by atoms with van der Waals surface area (Å²) in [6.07, 6.45) is 1.27. The van der Waals surface area contributed by atoms with Gasteiger partial charge in [0.05, 0.1) is 12.8 Å². The minimum Gasteiger partial charge on any atom is -0.495 e. The molecule has 5 nitrogen and oxygen atoms in total. The number of halogens is 1. The molecule has 0 radical (unpaired) electrons. The Morgan fingerprint density at radius 3 is 2.58 bits per heavy atom. The molecular formula is C18H16FN3O2. The van der Waals surface area contributed by atoms with Crippen LogP contribution < -0.4 is 15.4 Å². The van der Waals surface area contributed by atoms with Gasteiger partial charge in [-0.1, -0.05) is 6.07 Å². The van der Waals surface area contributed by atoms with Gasteiger partial charge in [-0.3, -0.25) is 4.79 Å². The third-order valence-electron chi connectivity index (χ3n) is 3.20. The largest absolute Gasteiger partial charge is 0.495 e. The van der Waals surface area contributed by atoms with Gasteiger partial charge in [-0.05, 0) is 48.9 Å². The molecular weight excluding hydrogens is 309 g/mol. The number of hydrogen-bond donors (Lipinski definition) is 2. The molecule has 2 aromatic rings. The summed E-state index contributed by atoms with van der Waals surface area (Å²) in [6, 6.07) is 12.7. The fourth-order valence-electron chi connectivity index (χ4n) is 1.96. The van der Waals surface area contributed by atoms with Crippen LogP contribution in [0.25, 0.3) is 0 Å². The van der Waals surface area contributed by atoms with E-state index in [1.54, 1.807) is 12.1 Å². The number of nitriles is 1. The number of hydrogen-bond acceptors (Lipinski definition) is 4. The third kappa shape index (κ3) is 4.34. The van der Waals surface area contributed by atoms with Gasteiger partial charge >= 0.3 is 0 Å². The summed E-state index contributed by atoms with van der Waals surface area (Å²) in [5.74, 6) is -0.442. The van der Waals surface area contributed by atoms with Gasteiger partial charge in [0.25, 0.3) is 5.91 Å². The van der Waals surface area contributed by atoms with E-state index in [4.69, 9.17) is 10.00 Å². The Bertz CT molecular complexity index is 808. The molecule has 2 rings (SSSR count). The van der Waals surface area contributed by atoms with Crippen LogP contribution in [0, 0.1) is 24.1 Å². The van der Waals surface area contributed by atoms with E-state index in [0.717, 1.165) is 5.56 Å². The molecule has 6 heteroatoms. The van der Waals surface area contributed by atoms with Crippen molar-refractivity contribution in [2.24, 2.45) is 0 Å². The van der Waals surface area contributed by atoms with Crippen molar-refractivity contribution in [2.75, 3.05) is 17.7 Å². The molecule has 0 atom stereocenters. The first kappa shape index (κ1) is 17.0. The van der Waals surface area contributed by atoms with Crippen molar-refractivity contribution in [1.29, 1.82) is 5.26 Å². The van der Waals surface area contributed by atoms with Crippen LogP contribution in [0.2, 0.25) is 0 Å². The van der Waals surface area contributed by atoms with Gasteiger partial charge < -0.3 is 15.4 Å². The number of aryl methyl sites for hydroxylation is 1. The molecule has 2 aromatic carbocycles. The van der Waals surface area contributed by atoms with Crippen LogP contribution in [0.15, 0.2) is 54.2 Å². The molecule has 2 N–H and O–H groups in total. The number of amides is 1. The third-order valence-corrected chi connectivity index (χ3v) is 3.20. The summed E-state index contributed by atoms with van der Waals surface area (Å²) in [5.41, 5.74) is 1.86. The van der Waals surface area contributed by atoms with Crippen molar-refractivity contribution in [3.05, 3.63) is 65.6 Å². The SMILES string of the molecule is COc1ccc(C)cc1NC(=O)/C(C#N)=C\Nc1ccc(F)cc1. The summed E-state index contributed by atoms with van der Waals surface area (Å²) >= 11 is 0. The van der Waals surface area contributed by atoms with Crippen LogP contribution >= 0.6 is 0 Å². The molecule has 0 fully saturated rings. The highest BCUT2D eigenvalue weighted by atomic mass is 19.1. The molecule has 24 heavy (non-hydrogen) atoms. The van der Waals surface area contributed by atoms with E-state index in [-0.39, 0.29) is 11.4 Å². The molecule has 0 bridgehead atoms. The number of benzene rings is 2. The van der Waals surface area contributed by atoms with E-state index >= 15 is 0 Å². The molecule has 0 saturated carbocycles. The van der Waals surface area contributed by atoms with Crippen molar-refractivity contribution >= 4 is 17.3 Å². The summed E-state index contributed by atoms with van der Waals surface area (Å²) in [5, 5.41) is 14.6. The van der Waals surface area contributed by atoms with Crippen molar-refractivity contribution in [3.8, 4) is 11.8 Å². The topological polar surface area (TPSA) is 74.1 Å². The van der Waals surface area contributed by atoms with Crippen LogP contribution in [0.4, 0.5) is 15.8 Å². The second-order valence-corrected chi connectivity index (χ2v) is 4.98. The first-order chi connectivity index (χ1) is 11.5. The highest BCUT2D eigenvalue weighted by Crippen LogP contribution is 2.25. The zero-order chi connectivity index (χ0) is 17.5. The number of nitrogens with zero attached hydrogens (tertiary/aromatic N) is 1. The molecule has 0 saturated heterocycles. The summed E-state index contributed by atoms with van der Waals surface area (Å²) in [4.78, 5) is 12.2. The van der Waals surface area contributed by atoms with E-state index in [2.05, 4.69) is 10.6 Å². The fourth-order valence-corrected chi connectivity index (χ4v) is 1.96. The predicted molar refractivity (Wildman–Crippen MR) is 90.1 cm³/mol. The second kappa shape index (κ2) is 7.79. The Labute approximate surface area is 139 Å². The number of anilines is 2. The highest BCUT2D eigenvalue weighted by molar-refractivity contribution is 6.07. The molecule has 0 aliphatic heterocycles.